The van der Waals surface area contributed by atoms with Gasteiger partial charge in [0.25, 0.3) is 5.91 Å². The molecule has 142 valence electrons. The molecule has 0 atom stereocenters. The summed E-state index contributed by atoms with van der Waals surface area (Å²) < 4.78 is 0. The van der Waals surface area contributed by atoms with Crippen molar-refractivity contribution in [3.05, 3.63) is 78.2 Å². The average molecular weight is 375 g/mol. The van der Waals surface area contributed by atoms with Gasteiger partial charge in [-0.05, 0) is 36.2 Å². The number of anilines is 3. The first-order valence-corrected chi connectivity index (χ1v) is 8.89. The van der Waals surface area contributed by atoms with E-state index in [1.54, 1.807) is 30.3 Å². The number of nitrogens with one attached hydrogen (secondary N) is 3. The molecule has 0 bridgehead atoms. The molecule has 1 aromatic heterocycles. The zero-order valence-corrected chi connectivity index (χ0v) is 15.5. The molecule has 3 aromatic rings. The van der Waals surface area contributed by atoms with E-state index in [0.717, 1.165) is 6.42 Å². The molecule has 7 heteroatoms. The lowest BCUT2D eigenvalue weighted by Gasteiger charge is -2.08. The second-order valence-electron chi connectivity index (χ2n) is 6.16. The molecule has 0 saturated heterocycles. The van der Waals surface area contributed by atoms with Crippen LogP contribution < -0.4 is 16.0 Å². The van der Waals surface area contributed by atoms with Gasteiger partial charge in [-0.25, -0.2) is 9.97 Å². The number of nitrogens with zero attached hydrogens (tertiary/aromatic N) is 2. The fraction of sp³-hybridized carbons (Fsp3) is 0.143. The van der Waals surface area contributed by atoms with E-state index >= 15 is 0 Å². The highest BCUT2D eigenvalue weighted by Gasteiger charge is 2.09. The van der Waals surface area contributed by atoms with Crippen molar-refractivity contribution in [2.45, 2.75) is 13.3 Å². The van der Waals surface area contributed by atoms with Crippen molar-refractivity contribution in [3.63, 3.8) is 0 Å². The van der Waals surface area contributed by atoms with Gasteiger partial charge in [0.2, 0.25) is 5.91 Å². The van der Waals surface area contributed by atoms with Crippen molar-refractivity contribution in [2.75, 3.05) is 22.5 Å². The maximum absolute atomic E-state index is 12.4. The number of carbonyl (C=O) groups excluding carboxylic acids is 2. The summed E-state index contributed by atoms with van der Waals surface area (Å²) in [6.45, 7) is 2.14. The topological polar surface area (TPSA) is 96.0 Å². The minimum atomic E-state index is -0.333. The van der Waals surface area contributed by atoms with E-state index in [1.807, 2.05) is 18.2 Å². The number of rotatable bonds is 7. The normalized spacial score (nSPS) is 10.2. The first kappa shape index (κ1) is 19.0. The average Bonchev–Trinajstić information content (AvgIpc) is 2.70. The van der Waals surface area contributed by atoms with Crippen LogP contribution >= 0.6 is 0 Å². The molecule has 2 aromatic carbocycles. The minimum Gasteiger partial charge on any atom is -0.370 e. The van der Waals surface area contributed by atoms with E-state index in [-0.39, 0.29) is 17.5 Å². The molecule has 0 saturated carbocycles. The summed E-state index contributed by atoms with van der Waals surface area (Å²) in [5, 5.41) is 8.66. The van der Waals surface area contributed by atoms with Crippen LogP contribution in [0.15, 0.2) is 67.0 Å². The summed E-state index contributed by atoms with van der Waals surface area (Å²) in [4.78, 5) is 31.7. The number of aromatic nitrogens is 2. The Labute approximate surface area is 163 Å². The predicted octanol–water partition coefficient (Wildman–Crippen LogP) is 3.34. The molecule has 0 aliphatic heterocycles. The molecular formula is C21H21N5O2. The first-order chi connectivity index (χ1) is 13.6. The maximum Gasteiger partial charge on any atom is 0.274 e. The SMILES string of the molecule is CC(=O)Nc1ccc(NC(=O)c2cc(NCCc3ccccc3)ncn2)cc1. The highest BCUT2D eigenvalue weighted by molar-refractivity contribution is 6.03. The number of benzene rings is 2. The van der Waals surface area contributed by atoms with E-state index in [1.165, 1.54) is 18.8 Å². The van der Waals surface area contributed by atoms with Gasteiger partial charge in [0, 0.05) is 30.9 Å². The van der Waals surface area contributed by atoms with Crippen LogP contribution in [0.3, 0.4) is 0 Å². The van der Waals surface area contributed by atoms with Gasteiger partial charge in [0.15, 0.2) is 0 Å². The standard InChI is InChI=1S/C21H21N5O2/c1-15(27)25-17-7-9-18(10-8-17)26-21(28)19-13-20(24-14-23-19)22-12-11-16-5-3-2-4-6-16/h2-10,13-14H,11-12H2,1H3,(H,25,27)(H,26,28)(H,22,23,24). The van der Waals surface area contributed by atoms with Crippen LogP contribution in [0, 0.1) is 0 Å². The summed E-state index contributed by atoms with van der Waals surface area (Å²) in [6.07, 6.45) is 2.21. The Morgan fingerprint density at radius 3 is 2.25 bits per heavy atom. The Morgan fingerprint density at radius 2 is 1.57 bits per heavy atom. The van der Waals surface area contributed by atoms with Crippen molar-refractivity contribution >= 4 is 29.0 Å². The lowest BCUT2D eigenvalue weighted by Crippen LogP contribution is -2.15. The Morgan fingerprint density at radius 1 is 0.893 bits per heavy atom. The molecular weight excluding hydrogens is 354 g/mol. The van der Waals surface area contributed by atoms with Crippen LogP contribution in [-0.2, 0) is 11.2 Å². The Kier molecular flexibility index (Phi) is 6.30. The maximum atomic E-state index is 12.4. The first-order valence-electron chi connectivity index (χ1n) is 8.89. The molecule has 3 rings (SSSR count). The van der Waals surface area contributed by atoms with Gasteiger partial charge >= 0.3 is 0 Å². The summed E-state index contributed by atoms with van der Waals surface area (Å²) in [6, 6.07) is 18.6. The molecule has 0 radical (unpaired) electrons. The van der Waals surface area contributed by atoms with E-state index in [4.69, 9.17) is 0 Å². The Balaban J connectivity index is 1.56. The van der Waals surface area contributed by atoms with Gasteiger partial charge in [0.05, 0.1) is 0 Å². The van der Waals surface area contributed by atoms with Crippen molar-refractivity contribution in [1.29, 1.82) is 0 Å². The van der Waals surface area contributed by atoms with Crippen LogP contribution in [0.25, 0.3) is 0 Å². The molecule has 0 aliphatic carbocycles. The largest absolute Gasteiger partial charge is 0.370 e. The van der Waals surface area contributed by atoms with Gasteiger partial charge < -0.3 is 16.0 Å². The molecule has 0 fully saturated rings. The van der Waals surface area contributed by atoms with E-state index < -0.39 is 0 Å². The van der Waals surface area contributed by atoms with Gasteiger partial charge in [-0.3, -0.25) is 9.59 Å². The van der Waals surface area contributed by atoms with Crippen LogP contribution in [0.1, 0.15) is 23.0 Å². The third-order valence-corrected chi connectivity index (χ3v) is 3.93. The summed E-state index contributed by atoms with van der Waals surface area (Å²) in [5.41, 5.74) is 2.77. The quantitative estimate of drug-likeness (QED) is 0.589. The van der Waals surface area contributed by atoms with E-state index in [2.05, 4.69) is 38.1 Å². The fourth-order valence-corrected chi connectivity index (χ4v) is 2.59. The monoisotopic (exact) mass is 375 g/mol. The second kappa shape index (κ2) is 9.27. The van der Waals surface area contributed by atoms with E-state index in [0.29, 0.717) is 23.7 Å². The summed E-state index contributed by atoms with van der Waals surface area (Å²) in [5.74, 6) is 0.114. The van der Waals surface area contributed by atoms with Crippen molar-refractivity contribution in [3.8, 4) is 0 Å². The molecule has 0 aliphatic rings. The Bertz CT molecular complexity index is 943. The summed E-state index contributed by atoms with van der Waals surface area (Å²) >= 11 is 0. The van der Waals surface area contributed by atoms with Gasteiger partial charge in [-0.1, -0.05) is 30.3 Å². The zero-order chi connectivity index (χ0) is 19.8. The van der Waals surface area contributed by atoms with Gasteiger partial charge in [0.1, 0.15) is 17.8 Å². The highest BCUT2D eigenvalue weighted by Crippen LogP contribution is 2.15. The highest BCUT2D eigenvalue weighted by atomic mass is 16.2. The lowest BCUT2D eigenvalue weighted by molar-refractivity contribution is -0.114. The second-order valence-corrected chi connectivity index (χ2v) is 6.16. The molecule has 1 heterocycles. The van der Waals surface area contributed by atoms with Crippen LogP contribution in [0.4, 0.5) is 17.2 Å². The molecule has 3 N–H and O–H groups in total. The molecule has 0 unspecified atom stereocenters. The molecule has 28 heavy (non-hydrogen) atoms. The lowest BCUT2D eigenvalue weighted by atomic mass is 10.1. The van der Waals surface area contributed by atoms with Crippen molar-refractivity contribution in [2.24, 2.45) is 0 Å². The van der Waals surface area contributed by atoms with Crippen LogP contribution in [0.5, 0.6) is 0 Å². The fourth-order valence-electron chi connectivity index (χ4n) is 2.59. The number of hydrogen-bond acceptors (Lipinski definition) is 5. The van der Waals surface area contributed by atoms with Crippen LogP contribution in [-0.4, -0.2) is 28.3 Å². The molecule has 7 nitrogen and oxygen atoms in total. The molecule has 2 amide bonds. The van der Waals surface area contributed by atoms with Gasteiger partial charge in [-0.15, -0.1) is 0 Å². The third-order valence-electron chi connectivity index (χ3n) is 3.93. The van der Waals surface area contributed by atoms with Crippen molar-refractivity contribution in [1.82, 2.24) is 9.97 Å². The van der Waals surface area contributed by atoms with Crippen molar-refractivity contribution < 1.29 is 9.59 Å². The smallest absolute Gasteiger partial charge is 0.274 e. The third kappa shape index (κ3) is 5.63. The van der Waals surface area contributed by atoms with E-state index in [9.17, 15) is 9.59 Å². The zero-order valence-electron chi connectivity index (χ0n) is 15.5. The molecule has 0 spiro atoms. The van der Waals surface area contributed by atoms with Gasteiger partial charge in [-0.2, -0.15) is 0 Å². The number of carbonyl (C=O) groups is 2. The Hall–Kier alpha value is -3.74. The number of amides is 2. The minimum absolute atomic E-state index is 0.148. The summed E-state index contributed by atoms with van der Waals surface area (Å²) in [7, 11) is 0. The van der Waals surface area contributed by atoms with Crippen LogP contribution in [0.2, 0.25) is 0 Å². The predicted molar refractivity (Wildman–Crippen MR) is 109 cm³/mol. The number of hydrogen-bond donors (Lipinski definition) is 3.